The number of morpholine rings is 1. The van der Waals surface area contributed by atoms with Gasteiger partial charge in [-0.25, -0.2) is 15.0 Å². The Balaban J connectivity index is 1.53. The number of aromatic nitrogens is 4. The first-order valence-electron chi connectivity index (χ1n) is 8.01. The van der Waals surface area contributed by atoms with Crippen molar-refractivity contribution in [3.8, 4) is 0 Å². The number of rotatable bonds is 2. The third-order valence-electron chi connectivity index (χ3n) is 4.55. The molecule has 0 aromatic carbocycles. The Labute approximate surface area is 135 Å². The zero-order valence-electron chi connectivity index (χ0n) is 13.0. The van der Waals surface area contributed by atoms with Gasteiger partial charge in [-0.2, -0.15) is 0 Å². The van der Waals surface area contributed by atoms with Crippen molar-refractivity contribution >= 4 is 11.6 Å². The zero-order chi connectivity index (χ0) is 15.5. The molecule has 0 aliphatic carbocycles. The van der Waals surface area contributed by atoms with Crippen molar-refractivity contribution in [1.82, 2.24) is 19.9 Å². The van der Waals surface area contributed by atoms with Crippen molar-refractivity contribution < 1.29 is 4.74 Å². The van der Waals surface area contributed by atoms with Crippen molar-refractivity contribution in [2.75, 3.05) is 42.6 Å². The second-order valence-corrected chi connectivity index (χ2v) is 6.11. The van der Waals surface area contributed by atoms with Gasteiger partial charge in [0, 0.05) is 31.7 Å². The van der Waals surface area contributed by atoms with Crippen LogP contribution >= 0.6 is 0 Å². The molecule has 0 radical (unpaired) electrons. The van der Waals surface area contributed by atoms with Crippen LogP contribution in [-0.2, 0) is 4.74 Å². The highest BCUT2D eigenvalue weighted by atomic mass is 16.5. The van der Waals surface area contributed by atoms with Crippen LogP contribution in [0, 0.1) is 0 Å². The van der Waals surface area contributed by atoms with E-state index >= 15 is 0 Å². The quantitative estimate of drug-likeness (QED) is 0.824. The lowest BCUT2D eigenvalue weighted by molar-refractivity contribution is -0.0632. The number of piperidine rings is 1. The van der Waals surface area contributed by atoms with E-state index in [4.69, 9.17) is 4.74 Å². The van der Waals surface area contributed by atoms with E-state index in [9.17, 15) is 0 Å². The van der Waals surface area contributed by atoms with E-state index in [0.717, 1.165) is 57.3 Å². The molecule has 23 heavy (non-hydrogen) atoms. The molecule has 120 valence electrons. The molecule has 2 aromatic heterocycles. The highest BCUT2D eigenvalue weighted by molar-refractivity contribution is 5.40. The summed E-state index contributed by atoms with van der Waals surface area (Å²) in [7, 11) is 0. The summed E-state index contributed by atoms with van der Waals surface area (Å²) >= 11 is 0. The van der Waals surface area contributed by atoms with Crippen LogP contribution in [0.3, 0.4) is 0 Å². The zero-order valence-corrected chi connectivity index (χ0v) is 13.0. The molecule has 0 bridgehead atoms. The normalized spacial score (nSPS) is 24.9. The van der Waals surface area contributed by atoms with Gasteiger partial charge in [0.05, 0.1) is 25.9 Å². The van der Waals surface area contributed by atoms with Crippen LogP contribution in [0.1, 0.15) is 12.8 Å². The summed E-state index contributed by atoms with van der Waals surface area (Å²) in [6, 6.07) is 1.96. The lowest BCUT2D eigenvalue weighted by Crippen LogP contribution is -2.60. The average molecular weight is 312 g/mol. The minimum Gasteiger partial charge on any atom is -0.369 e. The molecule has 1 atom stereocenters. The molecule has 2 saturated heterocycles. The molecule has 2 fully saturated rings. The molecule has 0 amide bonds. The van der Waals surface area contributed by atoms with Crippen LogP contribution in [0.4, 0.5) is 11.6 Å². The molecular weight excluding hydrogens is 292 g/mol. The predicted molar refractivity (Wildman–Crippen MR) is 86.4 cm³/mol. The summed E-state index contributed by atoms with van der Waals surface area (Å²) in [5.41, 5.74) is -0.168. The Morgan fingerprint density at radius 2 is 1.87 bits per heavy atom. The standard InChI is InChI=1S/C16H20N6O/c1-3-16(11-21(7-1)15-10-17-5-6-19-15)12-22(8-9-23-16)14-2-4-18-13-20-14/h2,4-6,10,13H,1,3,7-9,11-12H2. The van der Waals surface area contributed by atoms with Gasteiger partial charge >= 0.3 is 0 Å². The molecule has 2 aromatic rings. The summed E-state index contributed by atoms with van der Waals surface area (Å²) in [5.74, 6) is 1.90. The fourth-order valence-corrected chi connectivity index (χ4v) is 3.51. The van der Waals surface area contributed by atoms with Crippen molar-refractivity contribution in [3.63, 3.8) is 0 Å². The molecule has 7 nitrogen and oxygen atoms in total. The fourth-order valence-electron chi connectivity index (χ4n) is 3.51. The van der Waals surface area contributed by atoms with Gasteiger partial charge in [-0.3, -0.25) is 4.98 Å². The second kappa shape index (κ2) is 6.08. The van der Waals surface area contributed by atoms with Gasteiger partial charge in [0.25, 0.3) is 0 Å². The lowest BCUT2D eigenvalue weighted by Gasteiger charge is -2.48. The molecule has 0 N–H and O–H groups in total. The van der Waals surface area contributed by atoms with E-state index < -0.39 is 0 Å². The van der Waals surface area contributed by atoms with E-state index in [-0.39, 0.29) is 5.60 Å². The smallest absolute Gasteiger partial charge is 0.147 e. The molecule has 1 unspecified atom stereocenters. The number of anilines is 2. The van der Waals surface area contributed by atoms with E-state index in [2.05, 4.69) is 29.7 Å². The first kappa shape index (κ1) is 14.3. The molecule has 2 aliphatic heterocycles. The SMILES string of the molecule is c1cc(N2CCOC3(CCCN(c4cnccn4)C3)C2)ncn1. The van der Waals surface area contributed by atoms with Gasteiger partial charge in [-0.05, 0) is 18.9 Å². The van der Waals surface area contributed by atoms with E-state index in [1.165, 1.54) is 0 Å². The van der Waals surface area contributed by atoms with Crippen LogP contribution in [0.2, 0.25) is 0 Å². The Hall–Kier alpha value is -2.28. The number of ether oxygens (including phenoxy) is 1. The first-order valence-corrected chi connectivity index (χ1v) is 8.01. The van der Waals surface area contributed by atoms with Gasteiger partial charge < -0.3 is 14.5 Å². The summed E-state index contributed by atoms with van der Waals surface area (Å²) in [5, 5.41) is 0. The van der Waals surface area contributed by atoms with Crippen molar-refractivity contribution in [3.05, 3.63) is 37.2 Å². The van der Waals surface area contributed by atoms with E-state index in [1.54, 1.807) is 24.9 Å². The second-order valence-electron chi connectivity index (χ2n) is 6.11. The van der Waals surface area contributed by atoms with Crippen LogP contribution in [0.25, 0.3) is 0 Å². The first-order chi connectivity index (χ1) is 11.3. The molecule has 4 heterocycles. The van der Waals surface area contributed by atoms with Crippen LogP contribution < -0.4 is 9.80 Å². The van der Waals surface area contributed by atoms with Gasteiger partial charge in [0.1, 0.15) is 23.6 Å². The molecule has 7 heteroatoms. The maximum absolute atomic E-state index is 6.23. The molecule has 4 rings (SSSR count). The van der Waals surface area contributed by atoms with Crippen molar-refractivity contribution in [2.24, 2.45) is 0 Å². The van der Waals surface area contributed by atoms with E-state index in [1.807, 2.05) is 12.3 Å². The Morgan fingerprint density at radius 3 is 2.65 bits per heavy atom. The maximum Gasteiger partial charge on any atom is 0.147 e. The lowest BCUT2D eigenvalue weighted by atomic mass is 9.90. The van der Waals surface area contributed by atoms with Crippen LogP contribution in [-0.4, -0.2) is 58.3 Å². The minimum atomic E-state index is -0.168. The summed E-state index contributed by atoms with van der Waals surface area (Å²) in [4.78, 5) is 21.6. The highest BCUT2D eigenvalue weighted by Gasteiger charge is 2.41. The molecular formula is C16H20N6O. The molecule has 1 spiro atoms. The average Bonchev–Trinajstić information content (AvgIpc) is 2.63. The highest BCUT2D eigenvalue weighted by Crippen LogP contribution is 2.32. The Morgan fingerprint density at radius 1 is 0.957 bits per heavy atom. The summed E-state index contributed by atoms with van der Waals surface area (Å²) in [6.45, 7) is 4.27. The number of nitrogens with zero attached hydrogens (tertiary/aromatic N) is 6. The van der Waals surface area contributed by atoms with Crippen LogP contribution in [0.15, 0.2) is 37.2 Å². The molecule has 2 aliphatic rings. The summed E-state index contributed by atoms with van der Waals surface area (Å²) < 4.78 is 6.23. The predicted octanol–water partition coefficient (Wildman–Crippen LogP) is 1.14. The number of hydrogen-bond acceptors (Lipinski definition) is 7. The molecule has 0 saturated carbocycles. The Bertz CT molecular complexity index is 580. The van der Waals surface area contributed by atoms with Crippen LogP contribution in [0.5, 0.6) is 0 Å². The van der Waals surface area contributed by atoms with Gasteiger partial charge in [0.15, 0.2) is 0 Å². The summed E-state index contributed by atoms with van der Waals surface area (Å²) in [6.07, 6.45) is 10.8. The Kier molecular flexibility index (Phi) is 3.78. The van der Waals surface area contributed by atoms with E-state index in [0.29, 0.717) is 0 Å². The minimum absolute atomic E-state index is 0.168. The van der Waals surface area contributed by atoms with Crippen molar-refractivity contribution in [1.29, 1.82) is 0 Å². The number of hydrogen-bond donors (Lipinski definition) is 0. The monoisotopic (exact) mass is 312 g/mol. The van der Waals surface area contributed by atoms with Gasteiger partial charge in [-0.1, -0.05) is 0 Å². The topological polar surface area (TPSA) is 67.3 Å². The fraction of sp³-hybridized carbons (Fsp3) is 0.500. The van der Waals surface area contributed by atoms with Gasteiger partial charge in [-0.15, -0.1) is 0 Å². The van der Waals surface area contributed by atoms with Crippen molar-refractivity contribution in [2.45, 2.75) is 18.4 Å². The van der Waals surface area contributed by atoms with Gasteiger partial charge in [0.2, 0.25) is 0 Å². The maximum atomic E-state index is 6.23. The third-order valence-corrected chi connectivity index (χ3v) is 4.55. The largest absolute Gasteiger partial charge is 0.369 e. The third kappa shape index (κ3) is 2.96.